The molecule has 0 fully saturated rings. The smallest absolute Gasteiger partial charge is 0.185 e. The second-order valence-corrected chi connectivity index (χ2v) is 20.2. The molecule has 1 atom stereocenters. The Kier molecular flexibility index (Phi) is 17.1. The largest absolute Gasteiger partial charge is 0.223 e. The zero-order chi connectivity index (χ0) is 31.8. The second-order valence-electron chi connectivity index (χ2n) is 13.3. The van der Waals surface area contributed by atoms with Gasteiger partial charge in [0, 0.05) is 6.42 Å². The van der Waals surface area contributed by atoms with Crippen LogP contribution in [0.3, 0.4) is 0 Å². The fourth-order valence-corrected chi connectivity index (χ4v) is 6.98. The van der Waals surface area contributed by atoms with E-state index in [0.717, 1.165) is 68.1 Å². The summed E-state index contributed by atoms with van der Waals surface area (Å²) >= 11 is 0. The Balaban J connectivity index is 2.92. The number of aryl methyl sites for hydroxylation is 1. The Morgan fingerprint density at radius 1 is 0.738 bits per heavy atom. The van der Waals surface area contributed by atoms with Gasteiger partial charge in [0.1, 0.15) is 8.07 Å². The molecule has 0 aliphatic rings. The van der Waals surface area contributed by atoms with E-state index in [1.165, 1.54) is 16.7 Å². The molecule has 0 aliphatic carbocycles. The van der Waals surface area contributed by atoms with Crippen molar-refractivity contribution in [2.24, 2.45) is 0 Å². The molecule has 1 rings (SSSR count). The summed E-state index contributed by atoms with van der Waals surface area (Å²) in [7, 11) is -4.86. The van der Waals surface area contributed by atoms with Gasteiger partial charge < -0.3 is 0 Å². The molecule has 0 N–H and O–H groups in total. The third-order valence-corrected chi connectivity index (χ3v) is 10.1. The Bertz CT molecular complexity index is 1300. The minimum atomic E-state index is -3.50. The van der Waals surface area contributed by atoms with E-state index in [2.05, 4.69) is 97.0 Å². The molecule has 0 radical (unpaired) electrons. The van der Waals surface area contributed by atoms with Crippen LogP contribution in [0.4, 0.5) is 0 Å². The number of unbranched alkanes of at least 4 members (excludes halogenated alkanes) is 1. The van der Waals surface area contributed by atoms with Crippen molar-refractivity contribution >= 4 is 17.9 Å². The van der Waals surface area contributed by atoms with E-state index in [-0.39, 0.29) is 0 Å². The van der Waals surface area contributed by atoms with Gasteiger partial charge in [0.2, 0.25) is 0 Å². The lowest BCUT2D eigenvalue weighted by atomic mass is 10.0. The first-order valence-electron chi connectivity index (χ1n) is 15.7. The zero-order valence-electron chi connectivity index (χ0n) is 28.4. The van der Waals surface area contributed by atoms with E-state index >= 15 is 0 Å². The summed E-state index contributed by atoms with van der Waals surface area (Å²) in [5.74, 6) is 3.32. The van der Waals surface area contributed by atoms with Gasteiger partial charge in [-0.3, -0.25) is 0 Å². The van der Waals surface area contributed by atoms with Crippen LogP contribution >= 0.6 is 0 Å². The van der Waals surface area contributed by atoms with Gasteiger partial charge in [-0.25, -0.2) is 8.42 Å². The molecule has 0 aromatic heterocycles. The quantitative estimate of drug-likeness (QED) is 0.0812. The van der Waals surface area contributed by atoms with Gasteiger partial charge in [-0.15, -0.1) is 11.5 Å². The van der Waals surface area contributed by atoms with Gasteiger partial charge in [0.05, 0.1) is 10.1 Å². The minimum absolute atomic E-state index is 0.399. The van der Waals surface area contributed by atoms with Gasteiger partial charge >= 0.3 is 0 Å². The van der Waals surface area contributed by atoms with E-state index in [4.69, 9.17) is 0 Å². The van der Waals surface area contributed by atoms with Gasteiger partial charge in [-0.2, -0.15) is 0 Å². The average Bonchev–Trinajstić information content (AvgIpc) is 2.87. The van der Waals surface area contributed by atoms with Gasteiger partial charge in [0.25, 0.3) is 0 Å². The molecule has 0 saturated heterocycles. The Labute approximate surface area is 261 Å². The van der Waals surface area contributed by atoms with E-state index < -0.39 is 23.2 Å². The Hall–Kier alpha value is -2.35. The minimum Gasteiger partial charge on any atom is -0.223 e. The fraction of sp³-hybridized carbons (Fsp3) is 0.526. The summed E-state index contributed by atoms with van der Waals surface area (Å²) in [6.07, 6.45) is 19.5. The number of benzene rings is 1. The van der Waals surface area contributed by atoms with Crippen LogP contribution in [0.1, 0.15) is 105 Å². The fourth-order valence-electron chi connectivity index (χ4n) is 4.57. The number of allylic oxidation sites excluding steroid dienone is 9. The molecule has 0 amide bonds. The molecule has 4 heteroatoms. The van der Waals surface area contributed by atoms with E-state index in [9.17, 15) is 8.42 Å². The van der Waals surface area contributed by atoms with Crippen LogP contribution in [0, 0.1) is 18.4 Å². The summed E-state index contributed by atoms with van der Waals surface area (Å²) in [6.45, 7) is 21.6. The number of sulfone groups is 1. The first-order chi connectivity index (χ1) is 19.6. The predicted molar refractivity (Wildman–Crippen MR) is 189 cm³/mol. The Morgan fingerprint density at radius 2 is 1.24 bits per heavy atom. The molecular weight excluding hydrogens is 549 g/mol. The first kappa shape index (κ1) is 37.7. The predicted octanol–water partition coefficient (Wildman–Crippen LogP) is 11.3. The van der Waals surface area contributed by atoms with E-state index in [1.807, 2.05) is 25.1 Å². The molecule has 1 aromatic carbocycles. The van der Waals surface area contributed by atoms with Crippen LogP contribution in [-0.2, 0) is 9.84 Å². The lowest BCUT2D eigenvalue weighted by Gasteiger charge is -2.17. The Morgan fingerprint density at radius 3 is 1.76 bits per heavy atom. The second kappa shape index (κ2) is 19.0. The van der Waals surface area contributed by atoms with Gasteiger partial charge in [-0.05, 0) is 112 Å². The first-order valence-corrected chi connectivity index (χ1v) is 20.7. The van der Waals surface area contributed by atoms with Crippen molar-refractivity contribution in [1.29, 1.82) is 0 Å². The van der Waals surface area contributed by atoms with Gasteiger partial charge in [0.15, 0.2) is 9.84 Å². The third-order valence-electron chi connectivity index (χ3n) is 7.12. The van der Waals surface area contributed by atoms with Crippen molar-refractivity contribution < 1.29 is 8.42 Å². The standard InChI is InChI=1S/C38H58O2SSi/c1-31(2)17-14-19-32(3)20-15-21-33(4)22-16-23-36(7)30-38(41(39,40)37-26-24-34(5)25-27-37)29-35(6)18-12-11-13-28-42(8,9)10/h17-18,20,22,24-27,30,38H,11-12,14-16,19,21,23,29H2,1-10H3/b32-20+,33-22+,35-18+,36-30+. The van der Waals surface area contributed by atoms with Gasteiger partial charge in [-0.1, -0.05) is 95.6 Å². The molecule has 0 bridgehead atoms. The maximum absolute atomic E-state index is 13.7. The van der Waals surface area contributed by atoms with Crippen LogP contribution in [-0.4, -0.2) is 21.7 Å². The number of hydrogen-bond donors (Lipinski definition) is 0. The molecule has 232 valence electrons. The molecule has 1 unspecified atom stereocenters. The summed E-state index contributed by atoms with van der Waals surface area (Å²) in [5.41, 5.74) is 11.0. The summed E-state index contributed by atoms with van der Waals surface area (Å²) in [5, 5.41) is -0.575. The molecule has 0 aliphatic heterocycles. The lowest BCUT2D eigenvalue weighted by molar-refractivity contribution is 0.586. The highest BCUT2D eigenvalue weighted by molar-refractivity contribution is 7.92. The summed E-state index contributed by atoms with van der Waals surface area (Å²) in [6, 6.07) is 7.26. The monoisotopic (exact) mass is 606 g/mol. The highest BCUT2D eigenvalue weighted by atomic mass is 32.2. The van der Waals surface area contributed by atoms with E-state index in [1.54, 1.807) is 12.1 Å². The molecule has 2 nitrogen and oxygen atoms in total. The van der Waals surface area contributed by atoms with E-state index in [0.29, 0.717) is 11.3 Å². The maximum Gasteiger partial charge on any atom is 0.185 e. The normalized spacial score (nSPS) is 14.3. The van der Waals surface area contributed by atoms with Crippen molar-refractivity contribution in [2.45, 2.75) is 136 Å². The topological polar surface area (TPSA) is 34.1 Å². The van der Waals surface area contributed by atoms with Crippen molar-refractivity contribution in [3.05, 3.63) is 88.1 Å². The van der Waals surface area contributed by atoms with Crippen LogP contribution in [0.25, 0.3) is 0 Å². The van der Waals surface area contributed by atoms with Crippen molar-refractivity contribution in [2.75, 3.05) is 0 Å². The molecule has 42 heavy (non-hydrogen) atoms. The molecule has 0 heterocycles. The van der Waals surface area contributed by atoms with Crippen molar-refractivity contribution in [1.82, 2.24) is 0 Å². The highest BCUT2D eigenvalue weighted by Gasteiger charge is 2.26. The molecule has 0 saturated carbocycles. The van der Waals surface area contributed by atoms with Crippen LogP contribution in [0.2, 0.25) is 19.6 Å². The summed E-state index contributed by atoms with van der Waals surface area (Å²) < 4.78 is 27.5. The zero-order valence-corrected chi connectivity index (χ0v) is 30.2. The average molecular weight is 607 g/mol. The van der Waals surface area contributed by atoms with Crippen LogP contribution in [0.5, 0.6) is 0 Å². The van der Waals surface area contributed by atoms with Crippen LogP contribution in [0.15, 0.2) is 87.4 Å². The SMILES string of the molecule is CC(C)=CCC/C(C)=C/CC/C(C)=C/CC/C(C)=C/C(C/C(C)=C/CCC#C[Si](C)(C)C)S(=O)(=O)c1ccc(C)cc1. The summed E-state index contributed by atoms with van der Waals surface area (Å²) in [4.78, 5) is 0.399. The van der Waals surface area contributed by atoms with Crippen LogP contribution < -0.4 is 0 Å². The molecule has 1 aromatic rings. The maximum atomic E-state index is 13.7. The number of hydrogen-bond acceptors (Lipinski definition) is 2. The molecule has 0 spiro atoms. The van der Waals surface area contributed by atoms with Crippen molar-refractivity contribution in [3.8, 4) is 11.5 Å². The lowest BCUT2D eigenvalue weighted by Crippen LogP contribution is -2.20. The molecular formula is C38H58O2SSi. The van der Waals surface area contributed by atoms with Crippen molar-refractivity contribution in [3.63, 3.8) is 0 Å². The number of rotatable bonds is 16. The highest BCUT2D eigenvalue weighted by Crippen LogP contribution is 2.25. The third kappa shape index (κ3) is 16.9.